The van der Waals surface area contributed by atoms with E-state index in [0.29, 0.717) is 39.6 Å². The Morgan fingerprint density at radius 1 is 0.495 bits per heavy atom. The van der Waals surface area contributed by atoms with Crippen LogP contribution in [0.1, 0.15) is 271 Å². The summed E-state index contributed by atoms with van der Waals surface area (Å²) < 4.78 is 6.08. The number of aromatic amines is 7. The molecule has 8 aromatic heterocycles. The van der Waals surface area contributed by atoms with E-state index in [1.54, 1.807) is 6.20 Å². The van der Waals surface area contributed by atoms with Gasteiger partial charge in [-0.3, -0.25) is 5.10 Å². The van der Waals surface area contributed by atoms with Gasteiger partial charge in [0.1, 0.15) is 62.3 Å². The SMILES string of the molecule is C.C#Cc1[nH]c(C(C)(C)C)nc1Br.C#Cc1[nH]c(C(C)(C)C)nc1Cl.C#Cc1[nH]c(C(C)(C)C)nc1O.C#Cc1c[nH]c(C(C)(C)C)c1.C#Cc1ccc(C(C)(C)C)o1.C#Cc1cnc(C(C)(C)C)[nH]1.C#Cc1nc(C(C)(C)C)[nH]c1C.C#Cc1nc(C(C)(C)C)n[nH]1. The molecule has 0 unspecified atom stereocenters. The second-order valence-electron chi connectivity index (χ2n) is 29.1. The van der Waals surface area contributed by atoms with Crippen LogP contribution in [0.4, 0.5) is 0 Å². The summed E-state index contributed by atoms with van der Waals surface area (Å²) in [5, 5.41) is 16.2. The molecule has 8 N–H and O–H groups in total. The molecular weight excluding hydrogens is 1240 g/mol. The average molecular weight is 1350 g/mol. The van der Waals surface area contributed by atoms with E-state index in [-0.39, 0.29) is 56.6 Å². The van der Waals surface area contributed by atoms with Crippen molar-refractivity contribution >= 4 is 27.5 Å². The molecule has 16 nitrogen and oxygen atoms in total. The number of nitrogens with zero attached hydrogens (tertiary/aromatic N) is 7. The molecule has 8 aromatic rings. The minimum absolute atomic E-state index is 0. The fraction of sp³-hybridized carbons (Fsp3) is 0.453. The van der Waals surface area contributed by atoms with Crippen LogP contribution in [0.3, 0.4) is 0 Å². The van der Waals surface area contributed by atoms with E-state index >= 15 is 0 Å². The summed E-state index contributed by atoms with van der Waals surface area (Å²) >= 11 is 9.05. The predicted molar refractivity (Wildman–Crippen MR) is 388 cm³/mol. The van der Waals surface area contributed by atoms with E-state index in [0.717, 1.165) is 62.1 Å². The van der Waals surface area contributed by atoms with Crippen LogP contribution < -0.4 is 0 Å². The number of rotatable bonds is 0. The molecule has 18 heteroatoms. The van der Waals surface area contributed by atoms with Crippen LogP contribution in [0.2, 0.25) is 5.15 Å². The minimum atomic E-state index is -0.118. The maximum atomic E-state index is 9.21. The number of H-pyrrole nitrogens is 7. The Bertz CT molecular complexity index is 3480. The van der Waals surface area contributed by atoms with Crippen molar-refractivity contribution in [3.63, 3.8) is 0 Å². The van der Waals surface area contributed by atoms with E-state index in [4.69, 9.17) is 67.4 Å². The molecule has 0 aliphatic heterocycles. The Kier molecular flexibility index (Phi) is 31.0. The highest BCUT2D eigenvalue weighted by Gasteiger charge is 2.24. The van der Waals surface area contributed by atoms with Crippen LogP contribution in [-0.2, 0) is 43.3 Å². The molecule has 8 rings (SSSR count). The van der Waals surface area contributed by atoms with Crippen LogP contribution in [0.25, 0.3) is 0 Å². The summed E-state index contributed by atoms with van der Waals surface area (Å²) in [4.78, 5) is 43.2. The first-order valence-corrected chi connectivity index (χ1v) is 30.5. The molecule has 0 saturated carbocycles. The third-order valence-electron chi connectivity index (χ3n) is 12.2. The maximum Gasteiger partial charge on any atom is 0.246 e. The van der Waals surface area contributed by atoms with Crippen molar-refractivity contribution in [1.82, 2.24) is 70.0 Å². The Hall–Kier alpha value is -9.20. The van der Waals surface area contributed by atoms with E-state index < -0.39 is 0 Å². The first-order chi connectivity index (χ1) is 41.9. The molecule has 0 aliphatic carbocycles. The van der Waals surface area contributed by atoms with Crippen molar-refractivity contribution in [2.45, 2.75) is 224 Å². The van der Waals surface area contributed by atoms with E-state index in [1.165, 1.54) is 5.69 Å². The zero-order valence-corrected chi connectivity index (χ0v) is 61.1. The number of nitrogens with one attached hydrogen (secondary N) is 7. The van der Waals surface area contributed by atoms with Crippen LogP contribution in [0.5, 0.6) is 5.88 Å². The topological polar surface area (TPSA) is 234 Å². The van der Waals surface area contributed by atoms with Gasteiger partial charge in [-0.2, -0.15) is 10.1 Å². The molecule has 0 fully saturated rings. The number of aromatic nitrogens is 14. The number of imidazole rings is 5. The number of hydrogen-bond donors (Lipinski definition) is 8. The predicted octanol–water partition coefficient (Wildman–Crippen LogP) is 16.4. The first-order valence-electron chi connectivity index (χ1n) is 29.3. The molecule has 0 saturated heterocycles. The molecule has 496 valence electrons. The van der Waals surface area contributed by atoms with Crippen molar-refractivity contribution in [3.05, 3.63) is 138 Å². The van der Waals surface area contributed by atoms with Crippen molar-refractivity contribution in [2.75, 3.05) is 0 Å². The normalized spacial score (nSPS) is 11.0. The summed E-state index contributed by atoms with van der Waals surface area (Å²) in [6.45, 7) is 51.7. The number of aryl methyl sites for hydroxylation is 1. The highest BCUT2D eigenvalue weighted by molar-refractivity contribution is 9.10. The van der Waals surface area contributed by atoms with Gasteiger partial charge in [0.2, 0.25) is 11.7 Å². The van der Waals surface area contributed by atoms with Gasteiger partial charge in [0, 0.05) is 66.5 Å². The maximum absolute atomic E-state index is 9.21. The minimum Gasteiger partial charge on any atom is -0.491 e. The van der Waals surface area contributed by atoms with Gasteiger partial charge in [0.05, 0.1) is 6.20 Å². The van der Waals surface area contributed by atoms with Gasteiger partial charge in [0.15, 0.2) is 22.4 Å². The van der Waals surface area contributed by atoms with Crippen LogP contribution in [-0.4, -0.2) is 75.1 Å². The Morgan fingerprint density at radius 3 is 1.24 bits per heavy atom. The number of hydrogen-bond acceptors (Lipinski definition) is 9. The van der Waals surface area contributed by atoms with Crippen molar-refractivity contribution < 1.29 is 9.52 Å². The third-order valence-corrected chi connectivity index (χ3v) is 13.0. The lowest BCUT2D eigenvalue weighted by Crippen LogP contribution is -2.13. The first kappa shape index (κ1) is 83.8. The van der Waals surface area contributed by atoms with Gasteiger partial charge in [0.25, 0.3) is 0 Å². The molecule has 0 spiro atoms. The lowest BCUT2D eigenvalue weighted by atomic mass is 9.92. The summed E-state index contributed by atoms with van der Waals surface area (Å²) in [6, 6.07) is 5.76. The van der Waals surface area contributed by atoms with Gasteiger partial charge in [-0.05, 0) is 76.6 Å². The highest BCUT2D eigenvalue weighted by Crippen LogP contribution is 2.28. The standard InChI is InChI=1S/C10H14N2.C10H13N.C10H12O.C9H11BrN2.C9H11ClN2.C9H12N2O.C9H12N2.C8H11N3.CH4/c1-6-8-7(2)11-9(12-8)10(3,4)5;1-5-8-6-9(11-7-8)10(2,3)4;1-5-8-6-7-9(11-8)10(2,3)4;2*1-5-6-7(10)12-8(11-6)9(2,3)4;1-5-6-7(12)11-8(10-6)9(2,3)4;1-5-7-6-10-8(11-7)9(2,3)4;1-5-6-9-7(11-10-6)8(2,3)4;/h1H,2-5H3,(H,11,12);1,6-7,11H,2-4H3;1,6-7H,2-4H3;2*1H,2-4H3,(H,11,12);1,12H,2-4H3,(H,10,11);1,6H,2-4H3,(H,10,11);1H,2-4H3,(H,9,10,11);1H4. The van der Waals surface area contributed by atoms with Crippen molar-refractivity contribution in [2.24, 2.45) is 0 Å². The summed E-state index contributed by atoms with van der Waals surface area (Å²) in [5.74, 6) is 26.8. The molecule has 93 heavy (non-hydrogen) atoms. The number of terminal acetylenes is 8. The summed E-state index contributed by atoms with van der Waals surface area (Å²) in [5.41, 5.74) is 6.28. The molecule has 0 aliphatic rings. The van der Waals surface area contributed by atoms with Crippen LogP contribution >= 0.6 is 27.5 Å². The number of halogens is 2. The lowest BCUT2D eigenvalue weighted by molar-refractivity contribution is 0.404. The molecule has 0 aromatic carbocycles. The number of aromatic hydroxyl groups is 1. The van der Waals surface area contributed by atoms with Gasteiger partial charge < -0.3 is 39.4 Å². The quantitative estimate of drug-likeness (QED) is 0.0674. The molecule has 0 amide bonds. The zero-order chi connectivity index (χ0) is 71.3. The average Bonchev–Trinajstić information content (AvgIpc) is 1.76. The lowest BCUT2D eigenvalue weighted by Gasteiger charge is -2.15. The Balaban J connectivity index is 0.00000104. The second-order valence-corrected chi connectivity index (χ2v) is 30.2. The van der Waals surface area contributed by atoms with Gasteiger partial charge in [-0.15, -0.1) is 51.4 Å². The molecule has 8 heterocycles. The van der Waals surface area contributed by atoms with E-state index in [1.807, 2.05) is 93.6 Å². The van der Waals surface area contributed by atoms with Crippen LogP contribution in [0.15, 0.2) is 39.6 Å². The molecule has 0 radical (unpaired) electrons. The monoisotopic (exact) mass is 1340 g/mol. The van der Waals surface area contributed by atoms with Gasteiger partial charge in [-0.25, -0.2) is 24.9 Å². The second kappa shape index (κ2) is 34.5. The molecular formula is C75H100BrClN14O2. The third kappa shape index (κ3) is 28.1. The number of furan rings is 1. The van der Waals surface area contributed by atoms with E-state index in [9.17, 15) is 5.11 Å². The zero-order valence-electron chi connectivity index (χ0n) is 58.7. The molecule has 0 bridgehead atoms. The van der Waals surface area contributed by atoms with Gasteiger partial charge >= 0.3 is 0 Å². The fourth-order valence-corrected chi connectivity index (χ4v) is 7.13. The van der Waals surface area contributed by atoms with Crippen LogP contribution in [0, 0.1) is 106 Å². The van der Waals surface area contributed by atoms with Crippen molar-refractivity contribution in [1.29, 1.82) is 0 Å². The highest BCUT2D eigenvalue weighted by atomic mass is 79.9. The van der Waals surface area contributed by atoms with E-state index in [2.05, 4.69) is 237 Å². The largest absolute Gasteiger partial charge is 0.491 e. The van der Waals surface area contributed by atoms with Crippen molar-refractivity contribution in [3.8, 4) is 105 Å². The summed E-state index contributed by atoms with van der Waals surface area (Å²) in [7, 11) is 0. The Labute approximate surface area is 570 Å². The molecule has 0 atom stereocenters. The fourth-order valence-electron chi connectivity index (χ4n) is 6.55. The van der Waals surface area contributed by atoms with Gasteiger partial charge in [-0.1, -0.05) is 197 Å². The Morgan fingerprint density at radius 2 is 0.978 bits per heavy atom. The smallest absolute Gasteiger partial charge is 0.246 e. The summed E-state index contributed by atoms with van der Waals surface area (Å²) in [6.07, 6.45) is 45.1.